The summed E-state index contributed by atoms with van der Waals surface area (Å²) in [4.78, 5) is 69.4. The van der Waals surface area contributed by atoms with Gasteiger partial charge >= 0.3 is 24.0 Å². The number of esters is 3. The summed E-state index contributed by atoms with van der Waals surface area (Å²) >= 11 is 0. The van der Waals surface area contributed by atoms with Crippen LogP contribution in [-0.2, 0) is 47.3 Å². The minimum atomic E-state index is -2.11. The van der Waals surface area contributed by atoms with Crippen molar-refractivity contribution in [3.8, 4) is 17.1 Å². The zero-order valence-electron chi connectivity index (χ0n) is 28.1. The Bertz CT molecular complexity index is 1880. The maximum atomic E-state index is 14.1. The fourth-order valence-corrected chi connectivity index (χ4v) is 8.52. The highest BCUT2D eigenvalue weighted by Gasteiger charge is 2.50. The van der Waals surface area contributed by atoms with E-state index in [-0.39, 0.29) is 49.2 Å². The van der Waals surface area contributed by atoms with Gasteiger partial charge in [-0.3, -0.25) is 14.4 Å². The van der Waals surface area contributed by atoms with Gasteiger partial charge in [0.25, 0.3) is 5.56 Å². The number of fused-ring (bicyclic) bond motifs is 5. The Kier molecular flexibility index (Phi) is 8.82. The van der Waals surface area contributed by atoms with Crippen LogP contribution in [0.2, 0.25) is 19.1 Å². The van der Waals surface area contributed by atoms with Gasteiger partial charge in [-0.15, -0.1) is 0 Å². The molecule has 3 aromatic rings. The number of ether oxygens (including phenoxy) is 4. The lowest BCUT2D eigenvalue weighted by molar-refractivity contribution is -0.189. The van der Waals surface area contributed by atoms with Crippen LogP contribution in [0.4, 0.5) is 4.79 Å². The summed E-state index contributed by atoms with van der Waals surface area (Å²) in [6, 6.07) is 7.98. The summed E-state index contributed by atoms with van der Waals surface area (Å²) in [6.07, 6.45) is -0.902. The summed E-state index contributed by atoms with van der Waals surface area (Å²) in [7, 11) is -2.11. The number of aromatic nitrogens is 2. The molecule has 0 fully saturated rings. The van der Waals surface area contributed by atoms with Crippen LogP contribution in [-0.4, -0.2) is 53.8 Å². The van der Waals surface area contributed by atoms with E-state index in [2.05, 4.69) is 25.3 Å². The third-order valence-electron chi connectivity index (χ3n) is 8.73. The molecule has 0 spiro atoms. The molecule has 12 nitrogen and oxygen atoms in total. The molecule has 1 atom stereocenters. The molecule has 0 saturated heterocycles. The SMILES string of the molecule is CCC1(OC(=O)CCNC(=O)OC(C)(C)C)C(=O)OCc2c1cc1n(c2=O)Cc2c-1nc1ccc(OC(C)=O)cc1c2[Si](C)(C)CC. The van der Waals surface area contributed by atoms with Crippen molar-refractivity contribution in [1.29, 1.82) is 0 Å². The lowest BCUT2D eigenvalue weighted by Gasteiger charge is -2.35. The van der Waals surface area contributed by atoms with Gasteiger partial charge in [0.1, 0.15) is 18.0 Å². The first-order valence-electron chi connectivity index (χ1n) is 15.8. The van der Waals surface area contributed by atoms with Crippen LogP contribution in [0.1, 0.15) is 71.1 Å². The average molecular weight is 664 g/mol. The van der Waals surface area contributed by atoms with Crippen LogP contribution >= 0.6 is 0 Å². The van der Waals surface area contributed by atoms with Gasteiger partial charge in [-0.1, -0.05) is 33.0 Å². The second kappa shape index (κ2) is 12.3. The molecule has 0 radical (unpaired) electrons. The van der Waals surface area contributed by atoms with E-state index in [9.17, 15) is 24.0 Å². The molecule has 2 aromatic heterocycles. The molecule has 2 aliphatic rings. The fourth-order valence-electron chi connectivity index (χ4n) is 6.22. The maximum Gasteiger partial charge on any atom is 0.407 e. The lowest BCUT2D eigenvalue weighted by atomic mass is 9.85. The lowest BCUT2D eigenvalue weighted by Crippen LogP contribution is -2.47. The zero-order valence-corrected chi connectivity index (χ0v) is 29.1. The van der Waals surface area contributed by atoms with Crippen molar-refractivity contribution in [3.05, 3.63) is 51.3 Å². The second-order valence-corrected chi connectivity index (χ2v) is 18.5. The Labute approximate surface area is 273 Å². The van der Waals surface area contributed by atoms with Gasteiger partial charge in [0.2, 0.25) is 5.60 Å². The monoisotopic (exact) mass is 663 g/mol. The number of carbonyl (C=O) groups is 4. The summed E-state index contributed by atoms with van der Waals surface area (Å²) < 4.78 is 23.6. The van der Waals surface area contributed by atoms with E-state index in [1.807, 2.05) is 6.07 Å². The largest absolute Gasteiger partial charge is 0.457 e. The fraction of sp³-hybridized carbons (Fsp3) is 0.471. The van der Waals surface area contributed by atoms with Crippen LogP contribution in [0.3, 0.4) is 0 Å². The molecular formula is C34H41N3O9Si. The van der Waals surface area contributed by atoms with E-state index in [1.54, 1.807) is 50.5 Å². The molecular weight excluding hydrogens is 622 g/mol. The molecule has 1 amide bonds. The standard InChI is InChI=1S/C34H41N3O9Si/c1-9-34(45-27(39)13-14-35-32(42)46-33(4,5)6)24-16-26-28-22(17-37(26)30(40)23(24)18-43-31(34)41)29(47(7,8)10-2)21-15-20(44-19(3)38)11-12-25(21)36-28/h11-12,15-16H,9-10,13-14,17-18H2,1-8H3,(H,35,42). The minimum Gasteiger partial charge on any atom is -0.457 e. The summed E-state index contributed by atoms with van der Waals surface area (Å²) in [5.41, 5.74) is 0.336. The molecule has 47 heavy (non-hydrogen) atoms. The Morgan fingerprint density at radius 1 is 1.11 bits per heavy atom. The van der Waals surface area contributed by atoms with Gasteiger partial charge in [-0.05, 0) is 62.2 Å². The number of nitrogens with one attached hydrogen (secondary N) is 1. The van der Waals surface area contributed by atoms with Gasteiger partial charge in [0.05, 0.1) is 43.5 Å². The topological polar surface area (TPSA) is 152 Å². The second-order valence-electron chi connectivity index (χ2n) is 13.5. The van der Waals surface area contributed by atoms with Crippen LogP contribution in [0, 0.1) is 0 Å². The molecule has 0 aliphatic carbocycles. The van der Waals surface area contributed by atoms with Crippen LogP contribution in [0.25, 0.3) is 22.3 Å². The van der Waals surface area contributed by atoms with Crippen molar-refractivity contribution < 1.29 is 38.1 Å². The van der Waals surface area contributed by atoms with Gasteiger partial charge in [0.15, 0.2) is 0 Å². The maximum absolute atomic E-state index is 14.1. The molecule has 0 bridgehead atoms. The van der Waals surface area contributed by atoms with Gasteiger partial charge in [-0.2, -0.15) is 0 Å². The third kappa shape index (κ3) is 6.28. The molecule has 250 valence electrons. The van der Waals surface area contributed by atoms with E-state index in [4.69, 9.17) is 23.9 Å². The molecule has 5 rings (SSSR count). The molecule has 1 unspecified atom stereocenters. The molecule has 0 saturated carbocycles. The van der Waals surface area contributed by atoms with E-state index in [1.165, 1.54) is 6.92 Å². The first-order valence-corrected chi connectivity index (χ1v) is 19.0. The summed E-state index contributed by atoms with van der Waals surface area (Å²) in [5.74, 6) is -1.52. The molecule has 2 aliphatic heterocycles. The molecule has 4 heterocycles. The van der Waals surface area contributed by atoms with Crippen molar-refractivity contribution in [2.45, 2.75) is 97.9 Å². The molecule has 1 aromatic carbocycles. The highest BCUT2D eigenvalue weighted by Crippen LogP contribution is 2.41. The number of alkyl carbamates (subject to hydrolysis) is 1. The number of cyclic esters (lactones) is 1. The average Bonchev–Trinajstić information content (AvgIpc) is 3.34. The quantitative estimate of drug-likeness (QED) is 0.124. The number of pyridine rings is 2. The number of carbonyl (C=O) groups excluding carboxylic acids is 4. The number of rotatable bonds is 8. The number of nitrogens with zero attached hydrogens (tertiary/aromatic N) is 2. The summed E-state index contributed by atoms with van der Waals surface area (Å²) in [6.45, 7) is 14.8. The van der Waals surface area contributed by atoms with Crippen LogP contribution in [0.5, 0.6) is 5.75 Å². The Hall–Kier alpha value is -4.52. The van der Waals surface area contributed by atoms with Crippen molar-refractivity contribution in [2.75, 3.05) is 6.54 Å². The van der Waals surface area contributed by atoms with E-state index in [0.29, 0.717) is 22.7 Å². The van der Waals surface area contributed by atoms with E-state index in [0.717, 1.165) is 22.2 Å². The third-order valence-corrected chi connectivity index (χ3v) is 12.4. The molecule has 1 N–H and O–H groups in total. The van der Waals surface area contributed by atoms with Gasteiger partial charge in [0, 0.05) is 24.4 Å². The number of hydrogen-bond donors (Lipinski definition) is 1. The highest BCUT2D eigenvalue weighted by atomic mass is 28.3. The highest BCUT2D eigenvalue weighted by molar-refractivity contribution is 6.91. The Morgan fingerprint density at radius 3 is 2.47 bits per heavy atom. The predicted molar refractivity (Wildman–Crippen MR) is 176 cm³/mol. The predicted octanol–water partition coefficient (Wildman–Crippen LogP) is 4.41. The minimum absolute atomic E-state index is 0.0188. The van der Waals surface area contributed by atoms with Crippen molar-refractivity contribution in [2.24, 2.45) is 0 Å². The zero-order chi connectivity index (χ0) is 34.5. The number of benzene rings is 1. The first kappa shape index (κ1) is 33.8. The number of amides is 1. The smallest absolute Gasteiger partial charge is 0.407 e. The molecule has 13 heteroatoms. The van der Waals surface area contributed by atoms with Gasteiger partial charge in [-0.25, -0.2) is 14.6 Å². The van der Waals surface area contributed by atoms with Crippen molar-refractivity contribution >= 4 is 48.2 Å². The first-order chi connectivity index (χ1) is 22.0. The van der Waals surface area contributed by atoms with Crippen molar-refractivity contribution in [1.82, 2.24) is 14.9 Å². The number of hydrogen-bond acceptors (Lipinski definition) is 10. The van der Waals surface area contributed by atoms with Crippen molar-refractivity contribution in [3.63, 3.8) is 0 Å². The Morgan fingerprint density at radius 2 is 1.83 bits per heavy atom. The van der Waals surface area contributed by atoms with E-state index >= 15 is 0 Å². The normalized spacial score (nSPS) is 16.9. The summed E-state index contributed by atoms with van der Waals surface area (Å²) in [5, 5.41) is 4.51. The Balaban J connectivity index is 1.58. The van der Waals surface area contributed by atoms with Crippen LogP contribution in [0.15, 0.2) is 29.1 Å². The van der Waals surface area contributed by atoms with E-state index < -0.39 is 43.3 Å². The van der Waals surface area contributed by atoms with Gasteiger partial charge < -0.3 is 28.8 Å². The van der Waals surface area contributed by atoms with Crippen LogP contribution < -0.4 is 20.8 Å².